The maximum atomic E-state index is 10.4. The minimum atomic E-state index is -0.308. The van der Waals surface area contributed by atoms with Gasteiger partial charge in [0.25, 0.3) is 0 Å². The summed E-state index contributed by atoms with van der Waals surface area (Å²) in [5.74, 6) is 0. The highest BCUT2D eigenvalue weighted by Crippen LogP contribution is 2.24. The van der Waals surface area contributed by atoms with Gasteiger partial charge in [0.1, 0.15) is 0 Å². The van der Waals surface area contributed by atoms with Gasteiger partial charge in [-0.25, -0.2) is 4.79 Å². The van der Waals surface area contributed by atoms with E-state index in [1.807, 2.05) is 0 Å². The number of ether oxygens (including phenoxy) is 1. The molecule has 0 aliphatic heterocycles. The van der Waals surface area contributed by atoms with Crippen LogP contribution < -0.4 is 5.73 Å². The van der Waals surface area contributed by atoms with Crippen LogP contribution in [0.25, 0.3) is 0 Å². The summed E-state index contributed by atoms with van der Waals surface area (Å²) in [4.78, 5) is 10.4. The minimum Gasteiger partial charge on any atom is -0.460 e. The Bertz CT molecular complexity index is 96.6. The van der Waals surface area contributed by atoms with E-state index in [0.717, 1.165) is 10.8 Å². The van der Waals surface area contributed by atoms with Crippen molar-refractivity contribution in [1.82, 2.24) is 0 Å². The Labute approximate surface area is 62.1 Å². The van der Waals surface area contributed by atoms with E-state index in [1.165, 1.54) is 17.9 Å². The number of hydrogen-bond acceptors (Lipinski definition) is 5. The molecule has 0 spiro atoms. The molecule has 0 aromatic rings. The van der Waals surface area contributed by atoms with E-state index in [0.29, 0.717) is 0 Å². The van der Waals surface area contributed by atoms with Crippen molar-refractivity contribution < 1.29 is 9.53 Å². The molecule has 0 bridgehead atoms. The second kappa shape index (κ2) is 4.96. The molecular weight excluding hydrogens is 158 g/mol. The Morgan fingerprint density at radius 2 is 2.33 bits per heavy atom. The van der Waals surface area contributed by atoms with Crippen LogP contribution >= 0.6 is 21.6 Å². The number of rotatable bonds is 2. The second-order valence-electron chi connectivity index (χ2n) is 1.34. The zero-order valence-electron chi connectivity index (χ0n) is 5.29. The highest BCUT2D eigenvalue weighted by Gasteiger charge is 2.02. The molecule has 0 aliphatic carbocycles. The average Bonchev–Trinajstić information content (AvgIpc) is 1.83. The first-order valence-corrected chi connectivity index (χ1v) is 4.55. The summed E-state index contributed by atoms with van der Waals surface area (Å²) in [6.07, 6.45) is 0. The zero-order valence-corrected chi connectivity index (χ0v) is 6.92. The summed E-state index contributed by atoms with van der Waals surface area (Å²) < 4.78 is 4.35. The Morgan fingerprint density at radius 3 is 2.67 bits per heavy atom. The lowest BCUT2D eigenvalue weighted by molar-refractivity contribution is 0.200. The van der Waals surface area contributed by atoms with Crippen molar-refractivity contribution in [2.24, 2.45) is 5.73 Å². The van der Waals surface area contributed by atoms with E-state index in [2.05, 4.69) is 4.74 Å². The van der Waals surface area contributed by atoms with E-state index in [9.17, 15) is 4.79 Å². The zero-order chi connectivity index (χ0) is 7.28. The maximum absolute atomic E-state index is 10.4. The van der Waals surface area contributed by atoms with Gasteiger partial charge in [-0.05, 0) is 6.92 Å². The van der Waals surface area contributed by atoms with E-state index in [4.69, 9.17) is 5.73 Å². The van der Waals surface area contributed by atoms with E-state index in [1.54, 1.807) is 6.92 Å². The molecule has 1 atom stereocenters. The molecule has 0 rings (SSSR count). The molecule has 0 saturated heterocycles. The third-order valence-electron chi connectivity index (χ3n) is 0.435. The summed E-state index contributed by atoms with van der Waals surface area (Å²) in [5.41, 5.74) is 5.33. The summed E-state index contributed by atoms with van der Waals surface area (Å²) in [6, 6.07) is 0. The van der Waals surface area contributed by atoms with Crippen LogP contribution in [0.2, 0.25) is 0 Å². The van der Waals surface area contributed by atoms with Gasteiger partial charge < -0.3 is 10.5 Å². The van der Waals surface area contributed by atoms with Crippen LogP contribution in [-0.2, 0) is 4.74 Å². The molecule has 0 aliphatic rings. The molecule has 0 heterocycles. The highest BCUT2D eigenvalue weighted by molar-refractivity contribution is 8.82. The molecule has 1 unspecified atom stereocenters. The topological polar surface area (TPSA) is 52.3 Å². The first kappa shape index (κ1) is 9.13. The van der Waals surface area contributed by atoms with Gasteiger partial charge in [-0.1, -0.05) is 10.8 Å². The van der Waals surface area contributed by atoms with Gasteiger partial charge in [0.2, 0.25) is 0 Å². The van der Waals surface area contributed by atoms with Crippen LogP contribution in [0.3, 0.4) is 0 Å². The molecule has 3 nitrogen and oxygen atoms in total. The molecule has 2 N–H and O–H groups in total. The van der Waals surface area contributed by atoms with Crippen molar-refractivity contribution in [2.45, 2.75) is 12.3 Å². The lowest BCUT2D eigenvalue weighted by Crippen LogP contribution is -2.07. The first-order valence-electron chi connectivity index (χ1n) is 2.33. The number of carbonyl (C=O) groups is 1. The molecule has 54 valence electrons. The molecule has 0 radical (unpaired) electrons. The molecule has 0 saturated carbocycles. The van der Waals surface area contributed by atoms with Crippen molar-refractivity contribution in [3.63, 3.8) is 0 Å². The maximum Gasteiger partial charge on any atom is 0.377 e. The second-order valence-corrected chi connectivity index (χ2v) is 3.85. The van der Waals surface area contributed by atoms with Gasteiger partial charge in [-0.3, -0.25) is 0 Å². The fraction of sp³-hybridized carbons (Fsp3) is 0.750. The highest BCUT2D eigenvalue weighted by atomic mass is 33.1. The third kappa shape index (κ3) is 6.01. The fourth-order valence-electron chi connectivity index (χ4n) is 0.149. The molecule has 9 heavy (non-hydrogen) atoms. The predicted octanol–water partition coefficient (Wildman–Crippen LogP) is 1.44. The van der Waals surface area contributed by atoms with Crippen molar-refractivity contribution in [3.8, 4) is 0 Å². The Kier molecular flexibility index (Phi) is 5.03. The molecule has 0 aromatic carbocycles. The number of nitrogens with two attached hydrogens (primary N) is 1. The van der Waals surface area contributed by atoms with Crippen molar-refractivity contribution >= 4 is 26.9 Å². The van der Waals surface area contributed by atoms with Crippen LogP contribution in [0.1, 0.15) is 6.92 Å². The van der Waals surface area contributed by atoms with E-state index >= 15 is 0 Å². The fourth-order valence-corrected chi connectivity index (χ4v) is 1.34. The van der Waals surface area contributed by atoms with E-state index in [-0.39, 0.29) is 10.7 Å². The Hall–Kier alpha value is 0.130. The van der Waals surface area contributed by atoms with E-state index < -0.39 is 0 Å². The monoisotopic (exact) mass is 167 g/mol. The quantitative estimate of drug-likeness (QED) is 0.383. The van der Waals surface area contributed by atoms with Gasteiger partial charge >= 0.3 is 5.30 Å². The van der Waals surface area contributed by atoms with Crippen LogP contribution in [0.4, 0.5) is 4.79 Å². The smallest absolute Gasteiger partial charge is 0.377 e. The molecule has 0 amide bonds. The Morgan fingerprint density at radius 1 is 1.78 bits per heavy atom. The Balaban J connectivity index is 3.17. The summed E-state index contributed by atoms with van der Waals surface area (Å²) in [7, 11) is 3.64. The SMILES string of the molecule is COC(=O)SSC(C)N. The molecular formula is C4H9NO2S2. The molecule has 5 heteroatoms. The summed E-state index contributed by atoms with van der Waals surface area (Å²) in [6.45, 7) is 1.81. The first-order chi connectivity index (χ1) is 4.16. The normalized spacial score (nSPS) is 12.8. The van der Waals surface area contributed by atoms with Crippen LogP contribution in [0.15, 0.2) is 0 Å². The van der Waals surface area contributed by atoms with Crippen molar-refractivity contribution in [1.29, 1.82) is 0 Å². The number of methoxy groups -OCH3 is 1. The lowest BCUT2D eigenvalue weighted by atomic mass is 10.8. The van der Waals surface area contributed by atoms with Crippen LogP contribution in [-0.4, -0.2) is 17.8 Å². The molecule has 0 fully saturated rings. The van der Waals surface area contributed by atoms with Gasteiger partial charge in [0, 0.05) is 10.8 Å². The van der Waals surface area contributed by atoms with Gasteiger partial charge in [-0.2, -0.15) is 0 Å². The average molecular weight is 167 g/mol. The largest absolute Gasteiger partial charge is 0.460 e. The van der Waals surface area contributed by atoms with Gasteiger partial charge in [-0.15, -0.1) is 0 Å². The minimum absolute atomic E-state index is 0.0332. The van der Waals surface area contributed by atoms with Gasteiger partial charge in [0.15, 0.2) is 0 Å². The van der Waals surface area contributed by atoms with Crippen molar-refractivity contribution in [2.75, 3.05) is 7.11 Å². The molecule has 0 aromatic heterocycles. The summed E-state index contributed by atoms with van der Waals surface area (Å²) >= 11 is 0. The third-order valence-corrected chi connectivity index (χ3v) is 2.74. The number of hydrogen-bond donors (Lipinski definition) is 1. The van der Waals surface area contributed by atoms with Crippen LogP contribution in [0.5, 0.6) is 0 Å². The summed E-state index contributed by atoms with van der Waals surface area (Å²) in [5, 5.41) is -0.341. The van der Waals surface area contributed by atoms with Crippen molar-refractivity contribution in [3.05, 3.63) is 0 Å². The standard InChI is InChI=1S/C4H9NO2S2/c1-3(5)8-9-4(6)7-2/h3H,5H2,1-2H3. The number of carbonyl (C=O) groups excluding carboxylic acids is 1. The van der Waals surface area contributed by atoms with Crippen LogP contribution in [0, 0.1) is 0 Å². The predicted molar refractivity (Wildman–Crippen MR) is 41.2 cm³/mol. The lowest BCUT2D eigenvalue weighted by Gasteiger charge is -1.99. The van der Waals surface area contributed by atoms with Gasteiger partial charge in [0.05, 0.1) is 12.5 Å².